The molecule has 1 N–H and O–H groups in total. The molecule has 1 aromatic heterocycles. The second-order valence-corrected chi connectivity index (χ2v) is 8.97. The number of halogens is 1. The molecule has 9 heteroatoms. The van der Waals surface area contributed by atoms with Crippen LogP contribution in [0.15, 0.2) is 52.0 Å². The smallest absolute Gasteiger partial charge is 0.240 e. The first-order valence-electron chi connectivity index (χ1n) is 12.5. The van der Waals surface area contributed by atoms with Gasteiger partial charge in [-0.15, -0.1) is 0 Å². The van der Waals surface area contributed by atoms with E-state index in [0.29, 0.717) is 37.7 Å². The van der Waals surface area contributed by atoms with Gasteiger partial charge in [0.15, 0.2) is 5.58 Å². The number of fused-ring (bicyclic) bond motifs is 1. The molecule has 2 aromatic carbocycles. The van der Waals surface area contributed by atoms with Crippen LogP contribution < -0.4 is 10.2 Å². The highest BCUT2D eigenvalue weighted by molar-refractivity contribution is 6.07. The number of ether oxygens (including phenoxy) is 1. The van der Waals surface area contributed by atoms with Crippen LogP contribution in [0.5, 0.6) is 5.75 Å². The van der Waals surface area contributed by atoms with E-state index in [2.05, 4.69) is 34.3 Å². The van der Waals surface area contributed by atoms with Gasteiger partial charge < -0.3 is 13.9 Å². The quantitative estimate of drug-likeness (QED) is 0.480. The Morgan fingerprint density at radius 1 is 1.14 bits per heavy atom. The lowest BCUT2D eigenvalue weighted by Gasteiger charge is -2.23. The summed E-state index contributed by atoms with van der Waals surface area (Å²) in [5, 5.41) is 4.31. The fraction of sp³-hybridized carbons (Fsp3) is 0.429. The third-order valence-electron chi connectivity index (χ3n) is 6.65. The number of nitrogens with zero attached hydrogens (tertiary/aromatic N) is 3. The highest BCUT2D eigenvalue weighted by atomic mass is 19.1. The summed E-state index contributed by atoms with van der Waals surface area (Å²) in [7, 11) is 0.500. The zero-order chi connectivity index (χ0) is 26.8. The molecule has 5 rings (SSSR count). The van der Waals surface area contributed by atoms with Crippen LogP contribution in [0, 0.1) is 5.92 Å². The Hall–Kier alpha value is -3.59. The lowest BCUT2D eigenvalue weighted by atomic mass is 9.90. The Morgan fingerprint density at radius 2 is 1.81 bits per heavy atom. The lowest BCUT2D eigenvalue weighted by Crippen LogP contribution is -2.34. The molecule has 198 valence electrons. The summed E-state index contributed by atoms with van der Waals surface area (Å²) in [4.78, 5) is 26.8. The van der Waals surface area contributed by atoms with E-state index < -0.39 is 0 Å². The summed E-state index contributed by atoms with van der Waals surface area (Å²) in [6, 6.07) is 14.2. The fourth-order valence-electron chi connectivity index (χ4n) is 4.62. The van der Waals surface area contributed by atoms with Crippen LogP contribution in [0.4, 0.5) is 4.39 Å². The molecule has 3 heterocycles. The molecular formula is C28H35FN4O4. The molecule has 2 unspecified atom stereocenters. The van der Waals surface area contributed by atoms with Crippen LogP contribution in [0.3, 0.4) is 0 Å². The first-order chi connectivity index (χ1) is 18.1. The van der Waals surface area contributed by atoms with Gasteiger partial charge in [-0.3, -0.25) is 14.1 Å². The van der Waals surface area contributed by atoms with E-state index in [9.17, 15) is 9.18 Å². The minimum absolute atomic E-state index is 0.0356. The van der Waals surface area contributed by atoms with Crippen LogP contribution in [0.2, 0.25) is 0 Å². The monoisotopic (exact) mass is 510 g/mol. The second kappa shape index (κ2) is 13.6. The number of amides is 1. The van der Waals surface area contributed by atoms with Crippen molar-refractivity contribution in [2.75, 3.05) is 26.9 Å². The van der Waals surface area contributed by atoms with Crippen molar-refractivity contribution in [2.45, 2.75) is 45.6 Å². The summed E-state index contributed by atoms with van der Waals surface area (Å²) >= 11 is 0. The van der Waals surface area contributed by atoms with Crippen molar-refractivity contribution >= 4 is 29.5 Å². The maximum absolute atomic E-state index is 11.7. The molecule has 2 aliphatic heterocycles. The molecule has 2 aliphatic rings. The summed E-state index contributed by atoms with van der Waals surface area (Å²) < 4.78 is 21.6. The third-order valence-corrected chi connectivity index (χ3v) is 6.65. The molecule has 0 spiro atoms. The van der Waals surface area contributed by atoms with E-state index in [1.54, 1.807) is 0 Å². The van der Waals surface area contributed by atoms with Crippen molar-refractivity contribution in [1.29, 1.82) is 0 Å². The van der Waals surface area contributed by atoms with Gasteiger partial charge in [0.2, 0.25) is 11.8 Å². The van der Waals surface area contributed by atoms with Gasteiger partial charge in [0.25, 0.3) is 0 Å². The molecule has 1 fully saturated rings. The number of hydrazone groups is 1. The topological polar surface area (TPSA) is 97.0 Å². The van der Waals surface area contributed by atoms with Gasteiger partial charge in [-0.25, -0.2) is 10.4 Å². The van der Waals surface area contributed by atoms with Crippen LogP contribution in [-0.2, 0) is 9.59 Å². The van der Waals surface area contributed by atoms with E-state index >= 15 is 0 Å². The van der Waals surface area contributed by atoms with Crippen molar-refractivity contribution < 1.29 is 23.1 Å². The minimum Gasteiger partial charge on any atom is -0.492 e. The Balaban J connectivity index is 0.000000907. The first-order valence-corrected chi connectivity index (χ1v) is 12.5. The largest absolute Gasteiger partial charge is 0.492 e. The van der Waals surface area contributed by atoms with Crippen LogP contribution >= 0.6 is 0 Å². The van der Waals surface area contributed by atoms with Crippen molar-refractivity contribution in [1.82, 2.24) is 15.3 Å². The number of carbonyl (C=O) groups is 2. The molecule has 0 saturated carbocycles. The number of hydrogen-bond donors (Lipinski definition) is 1. The Bertz CT molecular complexity index is 1190. The Morgan fingerprint density at radius 3 is 2.49 bits per heavy atom. The number of rotatable bonds is 7. The highest BCUT2D eigenvalue weighted by Gasteiger charge is 2.25. The molecule has 3 aromatic rings. The fourth-order valence-corrected chi connectivity index (χ4v) is 4.62. The molecule has 2 atom stereocenters. The second-order valence-electron chi connectivity index (χ2n) is 8.97. The van der Waals surface area contributed by atoms with Crippen LogP contribution in [-0.4, -0.2) is 61.2 Å². The normalized spacial score (nSPS) is 18.1. The zero-order valence-electron chi connectivity index (χ0n) is 21.7. The number of oxazole rings is 1. The van der Waals surface area contributed by atoms with E-state index in [0.717, 1.165) is 34.5 Å². The average Bonchev–Trinajstić information content (AvgIpc) is 3.64. The molecule has 0 radical (unpaired) electrons. The van der Waals surface area contributed by atoms with Gasteiger partial charge in [-0.05, 0) is 75.7 Å². The lowest BCUT2D eigenvalue weighted by molar-refractivity contribution is -0.122. The van der Waals surface area contributed by atoms with Gasteiger partial charge in [-0.2, -0.15) is 5.10 Å². The summed E-state index contributed by atoms with van der Waals surface area (Å²) in [6.45, 7) is 9.33. The maximum Gasteiger partial charge on any atom is 0.240 e. The van der Waals surface area contributed by atoms with Gasteiger partial charge in [0.05, 0.1) is 12.9 Å². The van der Waals surface area contributed by atoms with E-state index in [-0.39, 0.29) is 11.8 Å². The Labute approximate surface area is 216 Å². The SMILES string of the molecule is C=O.CCC1CC(=O)NN=C1c1ccc2nc(-c3ccc(OCC(C)N4CCCC4)cc3)oc2c1.CF. The molecule has 1 amide bonds. The summed E-state index contributed by atoms with van der Waals surface area (Å²) in [6.07, 6.45) is 3.89. The summed E-state index contributed by atoms with van der Waals surface area (Å²) in [5.41, 5.74) is 6.85. The predicted octanol–water partition coefficient (Wildman–Crippen LogP) is 5.01. The molecule has 37 heavy (non-hydrogen) atoms. The third kappa shape index (κ3) is 6.80. The number of alkyl halides is 1. The van der Waals surface area contributed by atoms with E-state index in [4.69, 9.17) is 13.9 Å². The van der Waals surface area contributed by atoms with Crippen LogP contribution in [0.25, 0.3) is 22.6 Å². The molecule has 0 aliphatic carbocycles. The summed E-state index contributed by atoms with van der Waals surface area (Å²) in [5.74, 6) is 1.50. The van der Waals surface area contributed by atoms with Gasteiger partial charge in [-0.1, -0.05) is 13.0 Å². The van der Waals surface area contributed by atoms with E-state index in [1.165, 1.54) is 25.9 Å². The number of hydrogen-bond acceptors (Lipinski definition) is 7. The van der Waals surface area contributed by atoms with Crippen molar-refractivity contribution in [3.63, 3.8) is 0 Å². The Kier molecular flexibility index (Phi) is 10.3. The molecule has 8 nitrogen and oxygen atoms in total. The zero-order valence-corrected chi connectivity index (χ0v) is 21.7. The first kappa shape index (κ1) is 28.0. The standard InChI is InChI=1S/C26H30N4O3.CH3F.CH2O/c1-3-18-15-24(31)28-29-25(18)20-8-11-22-23(14-20)33-26(27-22)19-6-9-21(10-7-19)32-16-17(2)30-12-4-5-13-30;2*1-2/h6-11,14,17-18H,3-5,12-13,15-16H2,1-2H3,(H,28,31);1H3;1H2. The van der Waals surface area contributed by atoms with Crippen molar-refractivity contribution in [3.05, 3.63) is 48.0 Å². The average molecular weight is 511 g/mol. The van der Waals surface area contributed by atoms with Gasteiger partial charge in [0.1, 0.15) is 24.7 Å². The number of benzene rings is 2. The van der Waals surface area contributed by atoms with Crippen molar-refractivity contribution in [3.8, 4) is 17.2 Å². The highest BCUT2D eigenvalue weighted by Crippen LogP contribution is 2.28. The number of aromatic nitrogens is 1. The van der Waals surface area contributed by atoms with Crippen molar-refractivity contribution in [2.24, 2.45) is 11.0 Å². The van der Waals surface area contributed by atoms with Gasteiger partial charge in [0, 0.05) is 29.5 Å². The predicted molar refractivity (Wildman–Crippen MR) is 142 cm³/mol. The number of carbonyl (C=O) groups excluding carboxylic acids is 2. The molecule has 1 saturated heterocycles. The molecular weight excluding hydrogens is 475 g/mol. The number of likely N-dealkylation sites (tertiary alicyclic amines) is 1. The maximum atomic E-state index is 11.7. The van der Waals surface area contributed by atoms with Gasteiger partial charge >= 0.3 is 0 Å². The van der Waals surface area contributed by atoms with Crippen LogP contribution in [0.1, 0.15) is 45.1 Å². The minimum atomic E-state index is -0.0356. The number of nitrogens with one attached hydrogen (secondary N) is 1. The molecule has 0 bridgehead atoms. The van der Waals surface area contributed by atoms with E-state index in [1.807, 2.05) is 49.3 Å².